The highest BCUT2D eigenvalue weighted by atomic mass is 16.6. The van der Waals surface area contributed by atoms with E-state index in [0.717, 1.165) is 57.9 Å². The molecule has 204 valence electrons. The van der Waals surface area contributed by atoms with Crippen molar-refractivity contribution in [1.82, 2.24) is 9.97 Å². The molecule has 0 radical (unpaired) electrons. The first-order valence-corrected chi connectivity index (χ1v) is 13.4. The Morgan fingerprint density at radius 1 is 0.821 bits per heavy atom. The van der Waals surface area contributed by atoms with Gasteiger partial charge in [-0.25, -0.2) is 0 Å². The van der Waals surface area contributed by atoms with Crippen LogP contribution in [0.4, 0.5) is 17.1 Å². The highest BCUT2D eigenvalue weighted by Gasteiger charge is 2.27. The van der Waals surface area contributed by atoms with Crippen LogP contribution in [-0.2, 0) is 25.7 Å². The molecule has 39 heavy (non-hydrogen) atoms. The number of carbonyl (C=O) groups excluding carboxylic acids is 2. The van der Waals surface area contributed by atoms with Crippen molar-refractivity contribution in [2.75, 3.05) is 10.6 Å². The summed E-state index contributed by atoms with van der Waals surface area (Å²) in [7, 11) is 0. The van der Waals surface area contributed by atoms with Crippen LogP contribution in [-0.4, -0.2) is 26.7 Å². The average molecular weight is 530 g/mol. The number of aromatic nitrogens is 2. The molecule has 0 saturated carbocycles. The Hall–Kier alpha value is -4.40. The van der Waals surface area contributed by atoms with E-state index in [1.807, 2.05) is 19.9 Å². The van der Waals surface area contributed by atoms with Gasteiger partial charge in [-0.15, -0.1) is 0 Å². The molecular weight excluding hydrogens is 494 g/mol. The van der Waals surface area contributed by atoms with Gasteiger partial charge in [0.1, 0.15) is 11.4 Å². The van der Waals surface area contributed by atoms with Gasteiger partial charge < -0.3 is 20.6 Å². The number of amides is 2. The maximum Gasteiger partial charge on any atom is 0.290 e. The molecule has 9 nitrogen and oxygen atoms in total. The van der Waals surface area contributed by atoms with E-state index in [1.165, 1.54) is 6.20 Å². The molecule has 2 amide bonds. The highest BCUT2D eigenvalue weighted by molar-refractivity contribution is 6.18. The van der Waals surface area contributed by atoms with E-state index >= 15 is 0 Å². The summed E-state index contributed by atoms with van der Waals surface area (Å²) in [4.78, 5) is 43.8. The van der Waals surface area contributed by atoms with Crippen LogP contribution in [0, 0.1) is 24.0 Å². The van der Waals surface area contributed by atoms with Gasteiger partial charge in [-0.2, -0.15) is 0 Å². The molecule has 4 N–H and O–H groups in total. The van der Waals surface area contributed by atoms with Gasteiger partial charge in [-0.05, 0) is 78.8 Å². The molecule has 0 aliphatic carbocycles. The number of nitrogens with zero attached hydrogens (tertiary/aromatic N) is 1. The summed E-state index contributed by atoms with van der Waals surface area (Å²) < 4.78 is 0. The number of carbonyl (C=O) groups is 2. The van der Waals surface area contributed by atoms with Gasteiger partial charge in [0, 0.05) is 11.6 Å². The van der Waals surface area contributed by atoms with Crippen molar-refractivity contribution >= 4 is 39.6 Å². The minimum atomic E-state index is -0.518. The third-order valence-corrected chi connectivity index (χ3v) is 7.54. The maximum atomic E-state index is 13.7. The fourth-order valence-corrected chi connectivity index (χ4v) is 5.56. The Balaban J connectivity index is 2.03. The van der Waals surface area contributed by atoms with Crippen molar-refractivity contribution in [3.8, 4) is 0 Å². The molecule has 0 aliphatic rings. The number of nitrogens with one attached hydrogen (secondary N) is 4. The molecule has 0 unspecified atom stereocenters. The Kier molecular flexibility index (Phi) is 7.90. The van der Waals surface area contributed by atoms with Gasteiger partial charge in [0.05, 0.1) is 28.1 Å². The van der Waals surface area contributed by atoms with Gasteiger partial charge >= 0.3 is 0 Å². The zero-order chi connectivity index (χ0) is 28.4. The molecule has 2 heterocycles. The second-order valence-corrected chi connectivity index (χ2v) is 9.62. The van der Waals surface area contributed by atoms with Crippen LogP contribution >= 0.6 is 0 Å². The number of anilines is 2. The molecule has 2 aromatic heterocycles. The predicted molar refractivity (Wildman–Crippen MR) is 155 cm³/mol. The van der Waals surface area contributed by atoms with E-state index in [1.54, 1.807) is 13.1 Å². The molecule has 4 aromatic rings. The lowest BCUT2D eigenvalue weighted by atomic mass is 9.86. The van der Waals surface area contributed by atoms with Crippen LogP contribution in [0.2, 0.25) is 0 Å². The SMILES string of the molecule is CCc1ccc2c(CC)c(CC)c(NC(=O)c3[nH]ccc3C)c(NC(=O)c3[nH]cc([N+](=O)[O-])c3C)c2c1CC. The number of rotatable bonds is 9. The van der Waals surface area contributed by atoms with Gasteiger partial charge in [-0.1, -0.05) is 39.8 Å². The Morgan fingerprint density at radius 2 is 1.46 bits per heavy atom. The lowest BCUT2D eigenvalue weighted by Crippen LogP contribution is -2.21. The summed E-state index contributed by atoms with van der Waals surface area (Å²) in [6.07, 6.45) is 5.86. The largest absolute Gasteiger partial charge is 0.357 e. The van der Waals surface area contributed by atoms with E-state index in [2.05, 4.69) is 53.5 Å². The van der Waals surface area contributed by atoms with Crippen molar-refractivity contribution in [1.29, 1.82) is 0 Å². The van der Waals surface area contributed by atoms with Gasteiger partial charge in [0.25, 0.3) is 17.5 Å². The summed E-state index contributed by atoms with van der Waals surface area (Å²) in [5.41, 5.74) is 6.84. The number of nitro groups is 1. The minimum absolute atomic E-state index is 0.106. The first-order chi connectivity index (χ1) is 18.7. The second kappa shape index (κ2) is 11.1. The first kappa shape index (κ1) is 27.6. The van der Waals surface area contributed by atoms with Gasteiger partial charge in [0.15, 0.2) is 0 Å². The van der Waals surface area contributed by atoms with E-state index in [9.17, 15) is 19.7 Å². The summed E-state index contributed by atoms with van der Waals surface area (Å²) in [6.45, 7) is 11.7. The number of aryl methyl sites for hydroxylation is 4. The van der Waals surface area contributed by atoms with E-state index in [0.29, 0.717) is 23.5 Å². The van der Waals surface area contributed by atoms with Gasteiger partial charge in [-0.3, -0.25) is 19.7 Å². The summed E-state index contributed by atoms with van der Waals surface area (Å²) in [5.74, 6) is -0.816. The number of fused-ring (bicyclic) bond motifs is 1. The molecule has 0 spiro atoms. The number of hydrogen-bond acceptors (Lipinski definition) is 4. The Morgan fingerprint density at radius 3 is 2.00 bits per heavy atom. The van der Waals surface area contributed by atoms with Crippen LogP contribution in [0.15, 0.2) is 30.6 Å². The maximum absolute atomic E-state index is 13.7. The van der Waals surface area contributed by atoms with Crippen LogP contribution < -0.4 is 10.6 Å². The van der Waals surface area contributed by atoms with E-state index < -0.39 is 10.8 Å². The van der Waals surface area contributed by atoms with Crippen LogP contribution in [0.25, 0.3) is 10.8 Å². The zero-order valence-corrected chi connectivity index (χ0v) is 23.3. The number of benzene rings is 2. The number of hydrogen-bond donors (Lipinski definition) is 4. The van der Waals surface area contributed by atoms with E-state index in [-0.39, 0.29) is 22.9 Å². The normalized spacial score (nSPS) is 11.1. The van der Waals surface area contributed by atoms with Crippen molar-refractivity contribution in [2.24, 2.45) is 0 Å². The van der Waals surface area contributed by atoms with Crippen molar-refractivity contribution < 1.29 is 14.5 Å². The van der Waals surface area contributed by atoms with Crippen LogP contribution in [0.1, 0.15) is 82.1 Å². The lowest BCUT2D eigenvalue weighted by Gasteiger charge is -2.25. The molecule has 0 bridgehead atoms. The van der Waals surface area contributed by atoms with Crippen molar-refractivity contribution in [3.63, 3.8) is 0 Å². The molecule has 0 atom stereocenters. The number of aromatic amines is 2. The summed E-state index contributed by atoms with van der Waals surface area (Å²) in [6, 6.07) is 6.08. The topological polar surface area (TPSA) is 133 Å². The monoisotopic (exact) mass is 529 g/mol. The Labute approximate surface area is 227 Å². The molecule has 4 rings (SSSR count). The predicted octanol–water partition coefficient (Wildman–Crippen LogP) is 6.78. The molecule has 0 saturated heterocycles. The van der Waals surface area contributed by atoms with Crippen molar-refractivity contribution in [3.05, 3.63) is 85.5 Å². The standard InChI is InChI=1S/C30H35N5O4/c1-7-18-11-12-22-20(9-3)21(10-4)27(33-29(36)25-16(5)13-14-31-25)28(24(22)19(18)8-2)34-30(37)26-17(6)23(15-32-26)35(38)39/h11-15,31-32H,7-10H2,1-6H3,(H,33,36)(H,34,37). The smallest absolute Gasteiger partial charge is 0.290 e. The third kappa shape index (κ3) is 4.80. The first-order valence-electron chi connectivity index (χ1n) is 13.4. The van der Waals surface area contributed by atoms with E-state index in [4.69, 9.17) is 0 Å². The zero-order valence-electron chi connectivity index (χ0n) is 23.3. The molecular formula is C30H35N5O4. The van der Waals surface area contributed by atoms with Gasteiger partial charge in [0.2, 0.25) is 0 Å². The molecule has 9 heteroatoms. The number of H-pyrrole nitrogens is 2. The average Bonchev–Trinajstić information content (AvgIpc) is 3.53. The highest BCUT2D eigenvalue weighted by Crippen LogP contribution is 2.43. The Bertz CT molecular complexity index is 1590. The second-order valence-electron chi connectivity index (χ2n) is 9.62. The fourth-order valence-electron chi connectivity index (χ4n) is 5.56. The van der Waals surface area contributed by atoms with Crippen LogP contribution in [0.3, 0.4) is 0 Å². The van der Waals surface area contributed by atoms with Crippen LogP contribution in [0.5, 0.6) is 0 Å². The quantitative estimate of drug-likeness (QED) is 0.141. The summed E-state index contributed by atoms with van der Waals surface area (Å²) >= 11 is 0. The molecule has 0 aliphatic heterocycles. The fraction of sp³-hybridized carbons (Fsp3) is 0.333. The third-order valence-electron chi connectivity index (χ3n) is 7.54. The summed E-state index contributed by atoms with van der Waals surface area (Å²) in [5, 5.41) is 19.5. The van der Waals surface area contributed by atoms with Crippen molar-refractivity contribution in [2.45, 2.75) is 67.2 Å². The molecule has 0 fully saturated rings. The lowest BCUT2D eigenvalue weighted by molar-refractivity contribution is -0.385. The minimum Gasteiger partial charge on any atom is -0.357 e. The molecule has 2 aromatic carbocycles.